The molecule has 2 aromatic rings. The van der Waals surface area contributed by atoms with Gasteiger partial charge in [0.05, 0.1) is 0 Å². The number of hydrogen-bond acceptors (Lipinski definition) is 3. The van der Waals surface area contributed by atoms with E-state index in [0.717, 1.165) is 10.6 Å². The first-order valence-corrected chi connectivity index (χ1v) is 8.94. The third kappa shape index (κ3) is 4.73. The number of urea groups is 1. The molecule has 130 valence electrons. The van der Waals surface area contributed by atoms with Crippen LogP contribution in [0.4, 0.5) is 20.6 Å². The largest absolute Gasteiger partial charge is 0.336 e. The van der Waals surface area contributed by atoms with Gasteiger partial charge >= 0.3 is 6.03 Å². The molecule has 5 nitrogen and oxygen atoms in total. The molecule has 2 N–H and O–H groups in total. The lowest BCUT2D eigenvalue weighted by Crippen LogP contribution is -2.27. The Balaban J connectivity index is 1.46. The standard InChI is InChI=1S/C18H18FN3O2S/c19-13-1-7-16(8-2-13)25-12-9-17(23)21-14-3-5-15(6-4-14)22-11-10-20-18(22)24/h1-8H,9-12H2,(H,20,24)(H,21,23). The number of carbonyl (C=O) groups is 2. The molecule has 25 heavy (non-hydrogen) atoms. The smallest absolute Gasteiger partial charge is 0.321 e. The summed E-state index contributed by atoms with van der Waals surface area (Å²) in [6.07, 6.45) is 0.359. The number of thioether (sulfide) groups is 1. The third-order valence-electron chi connectivity index (χ3n) is 3.73. The summed E-state index contributed by atoms with van der Waals surface area (Å²) in [6, 6.07) is 13.3. The molecular formula is C18H18FN3O2S. The number of carbonyl (C=O) groups excluding carboxylic acids is 2. The molecule has 0 bridgehead atoms. The Bertz CT molecular complexity index is 750. The number of benzene rings is 2. The van der Waals surface area contributed by atoms with Gasteiger partial charge in [0.2, 0.25) is 5.91 Å². The molecule has 7 heteroatoms. The zero-order valence-electron chi connectivity index (χ0n) is 13.5. The van der Waals surface area contributed by atoms with Gasteiger partial charge in [-0.1, -0.05) is 0 Å². The zero-order chi connectivity index (χ0) is 17.6. The van der Waals surface area contributed by atoms with Crippen LogP contribution in [0.5, 0.6) is 0 Å². The molecule has 2 aromatic carbocycles. The Labute approximate surface area is 149 Å². The fourth-order valence-corrected chi connectivity index (χ4v) is 3.31. The molecule has 0 saturated carbocycles. The normalized spacial score (nSPS) is 13.6. The van der Waals surface area contributed by atoms with Crippen LogP contribution in [0.1, 0.15) is 6.42 Å². The minimum absolute atomic E-state index is 0.0822. The lowest BCUT2D eigenvalue weighted by molar-refractivity contribution is -0.115. The average molecular weight is 359 g/mol. The second-order valence-corrected chi connectivity index (χ2v) is 6.70. The van der Waals surface area contributed by atoms with Gasteiger partial charge in [0.15, 0.2) is 0 Å². The Morgan fingerprint density at radius 2 is 1.88 bits per heavy atom. The number of hydrogen-bond donors (Lipinski definition) is 2. The molecule has 0 radical (unpaired) electrons. The molecule has 1 aliphatic rings. The van der Waals surface area contributed by atoms with Crippen molar-refractivity contribution in [2.75, 3.05) is 29.1 Å². The van der Waals surface area contributed by atoms with E-state index < -0.39 is 0 Å². The maximum absolute atomic E-state index is 12.8. The van der Waals surface area contributed by atoms with Gasteiger partial charge in [-0.05, 0) is 48.5 Å². The van der Waals surface area contributed by atoms with E-state index in [1.165, 1.54) is 23.9 Å². The summed E-state index contributed by atoms with van der Waals surface area (Å²) >= 11 is 1.51. The summed E-state index contributed by atoms with van der Waals surface area (Å²) < 4.78 is 12.8. The van der Waals surface area contributed by atoms with Gasteiger partial charge in [-0.25, -0.2) is 9.18 Å². The summed E-state index contributed by atoms with van der Waals surface area (Å²) in [7, 11) is 0. The summed E-state index contributed by atoms with van der Waals surface area (Å²) in [5.41, 5.74) is 1.50. The highest BCUT2D eigenvalue weighted by atomic mass is 32.2. The molecule has 0 spiro atoms. The molecule has 3 rings (SSSR count). The van der Waals surface area contributed by atoms with Crippen molar-refractivity contribution in [1.29, 1.82) is 0 Å². The molecule has 0 atom stereocenters. The fourth-order valence-electron chi connectivity index (χ4n) is 2.46. The summed E-state index contributed by atoms with van der Waals surface area (Å²) in [4.78, 5) is 26.2. The Hall–Kier alpha value is -2.54. The first kappa shape index (κ1) is 17.3. The lowest BCUT2D eigenvalue weighted by atomic mass is 10.2. The number of nitrogens with zero attached hydrogens (tertiary/aromatic N) is 1. The molecular weight excluding hydrogens is 341 g/mol. The minimum Gasteiger partial charge on any atom is -0.336 e. The topological polar surface area (TPSA) is 61.4 Å². The van der Waals surface area contributed by atoms with Crippen molar-refractivity contribution in [3.63, 3.8) is 0 Å². The average Bonchev–Trinajstić information content (AvgIpc) is 3.03. The first-order chi connectivity index (χ1) is 12.1. The Morgan fingerprint density at radius 1 is 1.16 bits per heavy atom. The van der Waals surface area contributed by atoms with Crippen LogP contribution >= 0.6 is 11.8 Å². The number of rotatable bonds is 6. The van der Waals surface area contributed by atoms with E-state index in [1.807, 2.05) is 12.1 Å². The van der Waals surface area contributed by atoms with E-state index in [9.17, 15) is 14.0 Å². The van der Waals surface area contributed by atoms with Gasteiger partial charge in [0.25, 0.3) is 0 Å². The number of amides is 3. The molecule has 1 aliphatic heterocycles. The maximum atomic E-state index is 12.8. The molecule has 1 fully saturated rings. The Morgan fingerprint density at radius 3 is 2.52 bits per heavy atom. The van der Waals surface area contributed by atoms with Crippen LogP contribution in [-0.2, 0) is 4.79 Å². The Kier molecular flexibility index (Phi) is 5.55. The van der Waals surface area contributed by atoms with Crippen LogP contribution in [-0.4, -0.2) is 30.8 Å². The van der Waals surface area contributed by atoms with Crippen molar-refractivity contribution in [2.24, 2.45) is 0 Å². The summed E-state index contributed by atoms with van der Waals surface area (Å²) in [6.45, 7) is 1.29. The second-order valence-electron chi connectivity index (χ2n) is 5.53. The van der Waals surface area contributed by atoms with Gasteiger partial charge in [-0.15, -0.1) is 11.8 Å². The lowest BCUT2D eigenvalue weighted by Gasteiger charge is -2.14. The monoisotopic (exact) mass is 359 g/mol. The number of anilines is 2. The van der Waals surface area contributed by atoms with Crippen LogP contribution in [0.15, 0.2) is 53.4 Å². The highest BCUT2D eigenvalue weighted by Gasteiger charge is 2.20. The van der Waals surface area contributed by atoms with Crippen molar-refractivity contribution in [3.8, 4) is 0 Å². The van der Waals surface area contributed by atoms with E-state index in [4.69, 9.17) is 0 Å². The van der Waals surface area contributed by atoms with Gasteiger partial charge < -0.3 is 10.6 Å². The van der Waals surface area contributed by atoms with Crippen molar-refractivity contribution >= 4 is 35.1 Å². The minimum atomic E-state index is -0.267. The first-order valence-electron chi connectivity index (χ1n) is 7.95. The molecule has 3 amide bonds. The van der Waals surface area contributed by atoms with Crippen LogP contribution in [0.25, 0.3) is 0 Å². The van der Waals surface area contributed by atoms with E-state index in [1.54, 1.807) is 29.2 Å². The van der Waals surface area contributed by atoms with E-state index in [-0.39, 0.29) is 17.8 Å². The molecule has 0 aliphatic carbocycles. The van der Waals surface area contributed by atoms with Crippen molar-refractivity contribution in [3.05, 3.63) is 54.3 Å². The summed E-state index contributed by atoms with van der Waals surface area (Å²) in [5.74, 6) is 0.266. The summed E-state index contributed by atoms with van der Waals surface area (Å²) in [5, 5.41) is 5.58. The van der Waals surface area contributed by atoms with Crippen LogP contribution in [0.3, 0.4) is 0 Å². The number of halogens is 1. The zero-order valence-corrected chi connectivity index (χ0v) is 14.3. The van der Waals surface area contributed by atoms with Crippen molar-refractivity contribution in [1.82, 2.24) is 5.32 Å². The fraction of sp³-hybridized carbons (Fsp3) is 0.222. The maximum Gasteiger partial charge on any atom is 0.321 e. The van der Waals surface area contributed by atoms with Gasteiger partial charge in [0.1, 0.15) is 5.82 Å². The number of nitrogens with one attached hydrogen (secondary N) is 2. The van der Waals surface area contributed by atoms with Crippen molar-refractivity contribution < 1.29 is 14.0 Å². The second kappa shape index (κ2) is 8.02. The van der Waals surface area contributed by atoms with Gasteiger partial charge in [-0.2, -0.15) is 0 Å². The highest BCUT2D eigenvalue weighted by Crippen LogP contribution is 2.21. The quantitative estimate of drug-likeness (QED) is 0.777. The van der Waals surface area contributed by atoms with E-state index >= 15 is 0 Å². The third-order valence-corrected chi connectivity index (χ3v) is 4.74. The predicted molar refractivity (Wildman–Crippen MR) is 97.6 cm³/mol. The van der Waals surface area contributed by atoms with E-state index in [0.29, 0.717) is 31.0 Å². The van der Waals surface area contributed by atoms with Crippen LogP contribution in [0, 0.1) is 5.82 Å². The highest BCUT2D eigenvalue weighted by molar-refractivity contribution is 7.99. The van der Waals surface area contributed by atoms with E-state index in [2.05, 4.69) is 10.6 Å². The molecule has 1 heterocycles. The predicted octanol–water partition coefficient (Wildman–Crippen LogP) is 3.48. The van der Waals surface area contributed by atoms with Gasteiger partial charge in [0, 0.05) is 41.5 Å². The SMILES string of the molecule is O=C(CCSc1ccc(F)cc1)Nc1ccc(N2CCNC2=O)cc1. The molecule has 0 unspecified atom stereocenters. The molecule has 0 aromatic heterocycles. The van der Waals surface area contributed by atoms with Crippen molar-refractivity contribution in [2.45, 2.75) is 11.3 Å². The molecule has 1 saturated heterocycles. The van der Waals surface area contributed by atoms with Gasteiger partial charge in [-0.3, -0.25) is 9.69 Å². The van der Waals surface area contributed by atoms with Crippen LogP contribution in [0.2, 0.25) is 0 Å². The van der Waals surface area contributed by atoms with Crippen LogP contribution < -0.4 is 15.5 Å².